The van der Waals surface area contributed by atoms with E-state index in [0.29, 0.717) is 18.8 Å². The summed E-state index contributed by atoms with van der Waals surface area (Å²) in [5.41, 5.74) is 1.63. The van der Waals surface area contributed by atoms with Crippen LogP contribution >= 0.6 is 0 Å². The van der Waals surface area contributed by atoms with Gasteiger partial charge in [-0.15, -0.1) is 0 Å². The highest BCUT2D eigenvalue weighted by atomic mass is 16.2. The standard InChI is InChI=1S/C22H26N4O2/c1-17(2)22(28)26-14-12-25(13-15-26)20-10-9-19(16-23-20)24-21(27)11-8-18-6-4-3-5-7-18/h3-11,16-17H,12-15H2,1-2H3,(H,24,27)/b11-8+. The molecule has 0 aliphatic carbocycles. The molecule has 6 heteroatoms. The second kappa shape index (κ2) is 9.17. The number of nitrogens with one attached hydrogen (secondary N) is 1. The van der Waals surface area contributed by atoms with Gasteiger partial charge in [-0.1, -0.05) is 44.2 Å². The van der Waals surface area contributed by atoms with E-state index in [1.807, 2.05) is 61.2 Å². The van der Waals surface area contributed by atoms with Crippen LogP contribution in [0.2, 0.25) is 0 Å². The normalized spacial score (nSPS) is 14.5. The summed E-state index contributed by atoms with van der Waals surface area (Å²) in [5, 5.41) is 2.82. The maximum atomic E-state index is 12.1. The lowest BCUT2D eigenvalue weighted by molar-refractivity contribution is -0.134. The van der Waals surface area contributed by atoms with E-state index in [9.17, 15) is 9.59 Å². The molecule has 1 aromatic carbocycles. The SMILES string of the molecule is CC(C)C(=O)N1CCN(c2ccc(NC(=O)/C=C/c3ccccc3)cn2)CC1. The van der Waals surface area contributed by atoms with Gasteiger partial charge in [-0.2, -0.15) is 0 Å². The van der Waals surface area contributed by atoms with E-state index in [4.69, 9.17) is 0 Å². The van der Waals surface area contributed by atoms with Crippen LogP contribution in [0.1, 0.15) is 19.4 Å². The van der Waals surface area contributed by atoms with Gasteiger partial charge in [-0.05, 0) is 23.8 Å². The minimum absolute atomic E-state index is 0.0310. The van der Waals surface area contributed by atoms with Gasteiger partial charge in [-0.3, -0.25) is 9.59 Å². The summed E-state index contributed by atoms with van der Waals surface area (Å²) in [4.78, 5) is 32.7. The molecule has 0 bridgehead atoms. The number of rotatable bonds is 5. The summed E-state index contributed by atoms with van der Waals surface area (Å²) < 4.78 is 0. The molecule has 1 N–H and O–H groups in total. The number of nitrogens with zero attached hydrogens (tertiary/aromatic N) is 3. The summed E-state index contributed by atoms with van der Waals surface area (Å²) in [5.74, 6) is 0.895. The summed E-state index contributed by atoms with van der Waals surface area (Å²) in [6.07, 6.45) is 4.94. The molecule has 1 saturated heterocycles. The fourth-order valence-corrected chi connectivity index (χ4v) is 3.09. The Labute approximate surface area is 165 Å². The molecular weight excluding hydrogens is 352 g/mol. The molecule has 1 fully saturated rings. The van der Waals surface area contributed by atoms with Crippen LogP contribution in [0.3, 0.4) is 0 Å². The van der Waals surface area contributed by atoms with Crippen LogP contribution in [-0.4, -0.2) is 47.9 Å². The Hall–Kier alpha value is -3.15. The lowest BCUT2D eigenvalue weighted by Gasteiger charge is -2.36. The van der Waals surface area contributed by atoms with Crippen LogP contribution in [0.15, 0.2) is 54.7 Å². The largest absolute Gasteiger partial charge is 0.353 e. The Balaban J connectivity index is 1.52. The molecule has 0 atom stereocenters. The number of benzene rings is 1. The number of amides is 2. The van der Waals surface area contributed by atoms with E-state index in [-0.39, 0.29) is 17.7 Å². The predicted octanol–water partition coefficient (Wildman–Crippen LogP) is 3.04. The van der Waals surface area contributed by atoms with Crippen LogP contribution in [-0.2, 0) is 9.59 Å². The minimum atomic E-state index is -0.195. The predicted molar refractivity (Wildman–Crippen MR) is 112 cm³/mol. The first kappa shape index (κ1) is 19.6. The van der Waals surface area contributed by atoms with E-state index < -0.39 is 0 Å². The number of carbonyl (C=O) groups excluding carboxylic acids is 2. The highest BCUT2D eigenvalue weighted by molar-refractivity contribution is 6.01. The maximum Gasteiger partial charge on any atom is 0.248 e. The van der Waals surface area contributed by atoms with E-state index in [2.05, 4.69) is 15.2 Å². The molecule has 28 heavy (non-hydrogen) atoms. The molecule has 0 radical (unpaired) electrons. The topological polar surface area (TPSA) is 65.5 Å². The number of hydrogen-bond donors (Lipinski definition) is 1. The van der Waals surface area contributed by atoms with Crippen molar-refractivity contribution in [3.63, 3.8) is 0 Å². The van der Waals surface area contributed by atoms with Crippen molar-refractivity contribution >= 4 is 29.4 Å². The van der Waals surface area contributed by atoms with Gasteiger partial charge in [0, 0.05) is 38.2 Å². The van der Waals surface area contributed by atoms with Crippen molar-refractivity contribution in [2.24, 2.45) is 5.92 Å². The summed E-state index contributed by atoms with van der Waals surface area (Å²) in [6, 6.07) is 13.4. The molecule has 2 aromatic rings. The highest BCUT2D eigenvalue weighted by Crippen LogP contribution is 2.17. The van der Waals surface area contributed by atoms with E-state index in [1.165, 1.54) is 6.08 Å². The van der Waals surface area contributed by atoms with Gasteiger partial charge in [0.25, 0.3) is 0 Å². The monoisotopic (exact) mass is 378 g/mol. The number of aromatic nitrogens is 1. The molecule has 0 unspecified atom stereocenters. The zero-order valence-electron chi connectivity index (χ0n) is 16.3. The van der Waals surface area contributed by atoms with E-state index >= 15 is 0 Å². The number of carbonyl (C=O) groups is 2. The zero-order chi connectivity index (χ0) is 19.9. The van der Waals surface area contributed by atoms with Gasteiger partial charge in [0.05, 0.1) is 11.9 Å². The number of hydrogen-bond acceptors (Lipinski definition) is 4. The van der Waals surface area contributed by atoms with Crippen molar-refractivity contribution < 1.29 is 9.59 Å². The molecule has 0 spiro atoms. The van der Waals surface area contributed by atoms with Crippen LogP contribution in [0.4, 0.5) is 11.5 Å². The highest BCUT2D eigenvalue weighted by Gasteiger charge is 2.23. The molecule has 146 valence electrons. The third-order valence-electron chi connectivity index (χ3n) is 4.65. The van der Waals surface area contributed by atoms with Crippen molar-refractivity contribution in [3.8, 4) is 0 Å². The van der Waals surface area contributed by atoms with Gasteiger partial charge >= 0.3 is 0 Å². The van der Waals surface area contributed by atoms with Crippen LogP contribution in [0, 0.1) is 5.92 Å². The van der Waals surface area contributed by atoms with Gasteiger partial charge in [0.1, 0.15) is 5.82 Å². The first-order valence-electron chi connectivity index (χ1n) is 9.57. The molecule has 0 saturated carbocycles. The van der Waals surface area contributed by atoms with E-state index in [1.54, 1.807) is 12.3 Å². The minimum Gasteiger partial charge on any atom is -0.353 e. The van der Waals surface area contributed by atoms with Gasteiger partial charge in [0.2, 0.25) is 11.8 Å². The number of pyridine rings is 1. The number of piperazine rings is 1. The average Bonchev–Trinajstić information content (AvgIpc) is 2.73. The van der Waals surface area contributed by atoms with Crippen LogP contribution in [0.5, 0.6) is 0 Å². The number of anilines is 2. The molecule has 2 heterocycles. The fraction of sp³-hybridized carbons (Fsp3) is 0.318. The Morgan fingerprint density at radius 3 is 2.36 bits per heavy atom. The van der Waals surface area contributed by atoms with Gasteiger partial charge in [-0.25, -0.2) is 4.98 Å². The average molecular weight is 378 g/mol. The lowest BCUT2D eigenvalue weighted by Crippen LogP contribution is -2.50. The first-order chi connectivity index (χ1) is 13.5. The van der Waals surface area contributed by atoms with Crippen LogP contribution in [0.25, 0.3) is 6.08 Å². The summed E-state index contributed by atoms with van der Waals surface area (Å²) in [6.45, 7) is 6.80. The Kier molecular flexibility index (Phi) is 6.42. The molecule has 2 amide bonds. The van der Waals surface area contributed by atoms with Crippen molar-refractivity contribution in [1.29, 1.82) is 0 Å². The molecule has 1 aliphatic heterocycles. The van der Waals surface area contributed by atoms with Gasteiger partial charge in [0.15, 0.2) is 0 Å². The lowest BCUT2D eigenvalue weighted by atomic mass is 10.1. The second-order valence-corrected chi connectivity index (χ2v) is 7.11. The van der Waals surface area contributed by atoms with Crippen molar-refractivity contribution in [2.45, 2.75) is 13.8 Å². The quantitative estimate of drug-likeness (QED) is 0.812. The van der Waals surface area contributed by atoms with Crippen molar-refractivity contribution in [1.82, 2.24) is 9.88 Å². The zero-order valence-corrected chi connectivity index (χ0v) is 16.3. The molecule has 3 rings (SSSR count). The molecule has 6 nitrogen and oxygen atoms in total. The Morgan fingerprint density at radius 2 is 1.75 bits per heavy atom. The van der Waals surface area contributed by atoms with E-state index in [0.717, 1.165) is 24.5 Å². The third kappa shape index (κ3) is 5.19. The second-order valence-electron chi connectivity index (χ2n) is 7.11. The summed E-state index contributed by atoms with van der Waals surface area (Å²) in [7, 11) is 0. The third-order valence-corrected chi connectivity index (χ3v) is 4.65. The Morgan fingerprint density at radius 1 is 1.04 bits per heavy atom. The first-order valence-corrected chi connectivity index (χ1v) is 9.57. The van der Waals surface area contributed by atoms with Gasteiger partial charge < -0.3 is 15.1 Å². The van der Waals surface area contributed by atoms with Crippen molar-refractivity contribution in [2.75, 3.05) is 36.4 Å². The Bertz CT molecular complexity index is 823. The molecular formula is C22H26N4O2. The van der Waals surface area contributed by atoms with Crippen molar-refractivity contribution in [3.05, 3.63) is 60.3 Å². The summed E-state index contributed by atoms with van der Waals surface area (Å²) >= 11 is 0. The smallest absolute Gasteiger partial charge is 0.248 e. The fourth-order valence-electron chi connectivity index (χ4n) is 3.09. The van der Waals surface area contributed by atoms with Crippen LogP contribution < -0.4 is 10.2 Å². The molecule has 1 aliphatic rings. The molecule has 1 aromatic heterocycles. The maximum absolute atomic E-state index is 12.1.